The number of imidazole rings is 1. The molecule has 34 nitrogen and oxygen atoms in total. The smallest absolute Gasteiger partial charge is 0.330 e. The summed E-state index contributed by atoms with van der Waals surface area (Å²) in [5, 5.41) is 84.8. The van der Waals surface area contributed by atoms with Crippen molar-refractivity contribution in [1.29, 1.82) is 0 Å². The molecule has 13 rings (SSSR count). The number of hydrogen-bond donors (Lipinski definition) is 12. The summed E-state index contributed by atoms with van der Waals surface area (Å²) >= 11 is 0. The van der Waals surface area contributed by atoms with Crippen LogP contribution in [0.1, 0.15) is 49.2 Å². The van der Waals surface area contributed by atoms with Crippen LogP contribution >= 0.6 is 0 Å². The van der Waals surface area contributed by atoms with Crippen molar-refractivity contribution < 1.29 is 40.5 Å². The summed E-state index contributed by atoms with van der Waals surface area (Å²) in [4.78, 5) is 60.5. The number of aromatic nitrogens is 20. The lowest BCUT2D eigenvalue weighted by Crippen LogP contribution is -2.45. The molecule has 0 aromatic carbocycles. The van der Waals surface area contributed by atoms with E-state index in [-0.39, 0.29) is 68.3 Å². The molecule has 9 aromatic rings. The van der Waals surface area contributed by atoms with Crippen molar-refractivity contribution in [2.75, 3.05) is 49.4 Å². The summed E-state index contributed by atoms with van der Waals surface area (Å²) in [5.41, 5.74) is 26.0. The molecule has 78 heavy (non-hydrogen) atoms. The van der Waals surface area contributed by atoms with Crippen LogP contribution in [0.2, 0.25) is 0 Å². The van der Waals surface area contributed by atoms with Crippen LogP contribution < -0.4 is 34.2 Å². The summed E-state index contributed by atoms with van der Waals surface area (Å²) in [6.45, 7) is 1.29. The van der Waals surface area contributed by atoms with Crippen LogP contribution in [0.3, 0.4) is 0 Å². The van der Waals surface area contributed by atoms with Crippen molar-refractivity contribution >= 4 is 74.0 Å². The lowest BCUT2D eigenvalue weighted by atomic mass is 9.77. The third-order valence-electron chi connectivity index (χ3n) is 13.2. The van der Waals surface area contributed by atoms with E-state index in [4.69, 9.17) is 37.9 Å². The van der Waals surface area contributed by atoms with Gasteiger partial charge in [0.05, 0.1) is 74.4 Å². The summed E-state index contributed by atoms with van der Waals surface area (Å²) in [6, 6.07) is -0.120. The monoisotopic (exact) mass is 1080 g/mol. The molecule has 8 unspecified atom stereocenters. The Morgan fingerprint density at radius 3 is 1.71 bits per heavy atom. The van der Waals surface area contributed by atoms with Gasteiger partial charge in [-0.25, -0.2) is 63.7 Å². The number of aliphatic hydroxyl groups excluding tert-OH is 7. The highest BCUT2D eigenvalue weighted by atomic mass is 16.5. The number of H-pyrrole nitrogens is 1. The molecule has 10 atom stereocenters. The van der Waals surface area contributed by atoms with Gasteiger partial charge in [-0.3, -0.25) is 18.9 Å². The molecule has 16 N–H and O–H groups in total. The highest BCUT2D eigenvalue weighted by molar-refractivity contribution is 5.85. The number of aliphatic hydroxyl groups is 7. The molecule has 3 aliphatic carbocycles. The molecule has 3 saturated carbocycles. The van der Waals surface area contributed by atoms with E-state index in [0.29, 0.717) is 86.8 Å². The molecule has 0 amide bonds. The molecule has 34 heteroatoms. The Bertz CT molecular complexity index is 3620. The van der Waals surface area contributed by atoms with Gasteiger partial charge in [-0.1, -0.05) is 16.5 Å². The maximum Gasteiger partial charge on any atom is 0.330 e. The van der Waals surface area contributed by atoms with Crippen LogP contribution in [0.15, 0.2) is 71.8 Å². The van der Waals surface area contributed by atoms with E-state index in [0.717, 1.165) is 0 Å². The zero-order valence-electron chi connectivity index (χ0n) is 41.2. The minimum Gasteiger partial charge on any atom is -0.396 e. The third-order valence-corrected chi connectivity index (χ3v) is 13.2. The molecule has 0 bridgehead atoms. The van der Waals surface area contributed by atoms with Crippen molar-refractivity contribution in [2.24, 2.45) is 11.8 Å². The average molecular weight is 1080 g/mol. The first-order chi connectivity index (χ1) is 37.6. The number of aryl methyl sites for hydroxylation is 1. The Labute approximate surface area is 437 Å². The van der Waals surface area contributed by atoms with Gasteiger partial charge in [-0.2, -0.15) is 5.10 Å². The van der Waals surface area contributed by atoms with Gasteiger partial charge in [0, 0.05) is 36.2 Å². The highest BCUT2D eigenvalue weighted by Crippen LogP contribution is 2.41. The maximum atomic E-state index is 11.5. The average Bonchev–Trinajstić information content (AvgIpc) is 4.23. The first kappa shape index (κ1) is 53.9. The Morgan fingerprint density at radius 2 is 1.17 bits per heavy atom. The van der Waals surface area contributed by atoms with E-state index in [1.807, 2.05) is 0 Å². The molecule has 0 saturated heterocycles. The Kier molecular flexibility index (Phi) is 16.0. The number of rotatable bonds is 9. The van der Waals surface area contributed by atoms with E-state index in [9.17, 15) is 35.1 Å². The Morgan fingerprint density at radius 1 is 0.641 bits per heavy atom. The molecular weight excluding hydrogens is 1020 g/mol. The van der Waals surface area contributed by atoms with Gasteiger partial charge < -0.3 is 63.4 Å². The lowest BCUT2D eigenvalue weighted by Gasteiger charge is -2.40. The number of nitrogens with one attached hydrogen (secondary N) is 1. The second-order valence-corrected chi connectivity index (χ2v) is 18.1. The van der Waals surface area contributed by atoms with Gasteiger partial charge in [0.2, 0.25) is 0 Å². The maximum absolute atomic E-state index is 11.5. The zero-order chi connectivity index (χ0) is 55.4. The number of aromatic amines is 1. The minimum absolute atomic E-state index is 0.00528. The molecule has 0 spiro atoms. The molecular formula is C44H54N24O10. The summed E-state index contributed by atoms with van der Waals surface area (Å²) in [6.07, 6.45) is 16.2. The van der Waals surface area contributed by atoms with Crippen LogP contribution in [0.5, 0.6) is 0 Å². The van der Waals surface area contributed by atoms with Crippen molar-refractivity contribution in [2.45, 2.75) is 75.0 Å². The molecule has 9 aromatic heterocycles. The normalized spacial score (nSPS) is 23.8. The topological polar surface area (TPSA) is 510 Å². The van der Waals surface area contributed by atoms with Crippen molar-refractivity contribution in [3.05, 3.63) is 88.7 Å². The first-order valence-corrected chi connectivity index (χ1v) is 24.0. The van der Waals surface area contributed by atoms with Crippen LogP contribution in [-0.4, -0.2) is 185 Å². The first-order valence-electron chi connectivity index (χ1n) is 24.0. The molecule has 3 fully saturated rings. The van der Waals surface area contributed by atoms with Crippen LogP contribution in [0, 0.1) is 18.8 Å². The second kappa shape index (κ2) is 23.1. The Hall–Kier alpha value is -8.90. The predicted molar refractivity (Wildman–Crippen MR) is 273 cm³/mol. The third kappa shape index (κ3) is 10.9. The van der Waals surface area contributed by atoms with Gasteiger partial charge >= 0.3 is 5.69 Å². The number of hydrogen-bond acceptors (Lipinski definition) is 28. The van der Waals surface area contributed by atoms with Crippen molar-refractivity contribution in [3.8, 4) is 0 Å². The van der Waals surface area contributed by atoms with Gasteiger partial charge in [0.15, 0.2) is 62.8 Å². The van der Waals surface area contributed by atoms with Gasteiger partial charge in [-0.05, 0) is 31.9 Å². The fourth-order valence-electron chi connectivity index (χ4n) is 8.59. The zero-order valence-corrected chi connectivity index (χ0v) is 41.2. The van der Waals surface area contributed by atoms with Gasteiger partial charge in [-0.15, -0.1) is 10.2 Å². The van der Waals surface area contributed by atoms with Crippen LogP contribution in [0.4, 0.5) is 23.3 Å². The number of ether oxygens (including phenoxy) is 1. The summed E-state index contributed by atoms with van der Waals surface area (Å²) in [5.74, 6) is 0.927. The minimum atomic E-state index is -0.569. The standard InChI is InChI=1S/C10H13N5O2.C10H12N2O4.C9H12N6O2.C8H9N5O.C7H8N6O/c11-9-5-2-14-15(10(5)13-4-12-9)7-1-8(17)6(7)3-16;1-6-4-12(10(15)11-9(6)14)8-3-2-7(5-13)16-8;10-8-7-9(12-3-11-8)15(14-13-7)5-1-6(17)4(5)2-16;9-7-6-8(11-4-10-7)13(5-12-6)2-1-3-14;8-6-5-7(10-2-9-6)13(12-11-5)3-1-4(3)14/h2,4,6-8,16-17H,1,3H2,(H2,11,12,13);2-4,7-8,13H,5H2,1H3,(H,11,14,15);3-6,16-17H,1-2H2,(H2,10,11,12);1-2,4-5,14H,3H2,(H2,9,10,11);2-4,14H,1H2,(H2,8,9,10)/b;;;2-1-;/t6-,7?,8?;;4-,5?,6?;;/m0.0../s1. The fraction of sp³-hybridized carbons (Fsp3) is 0.409. The van der Waals surface area contributed by atoms with Crippen LogP contribution in [0.25, 0.3) is 50.7 Å². The number of anilines is 4. The van der Waals surface area contributed by atoms with Crippen molar-refractivity contribution in [3.63, 3.8) is 0 Å². The molecule has 10 heterocycles. The Balaban J connectivity index is 0.000000119. The molecule has 1 aliphatic heterocycles. The number of nitrogens with zero attached hydrogens (tertiary/aromatic N) is 19. The van der Waals surface area contributed by atoms with E-state index in [1.165, 1.54) is 36.1 Å². The lowest BCUT2D eigenvalue weighted by molar-refractivity contribution is -0.0558. The molecule has 410 valence electrons. The number of nitrogens with two attached hydrogens (primary N) is 4. The highest BCUT2D eigenvalue weighted by Gasteiger charge is 2.43. The van der Waals surface area contributed by atoms with Gasteiger partial charge in [0.25, 0.3) is 5.56 Å². The summed E-state index contributed by atoms with van der Waals surface area (Å²) in [7, 11) is 0. The van der Waals surface area contributed by atoms with E-state index in [2.05, 4.69) is 75.6 Å². The van der Waals surface area contributed by atoms with E-state index < -0.39 is 35.8 Å². The number of fused-ring (bicyclic) bond motifs is 4. The SMILES string of the molecule is Cc1cn(C2C=CC(CO)O2)c(=O)[nH]c1=O.Nc1ncnc2c1cnn2C1CC(O)[C@H]1CO.Nc1ncnc2c1ncn2/C=C\CO.Nc1ncnc2c1nnn2C1CC(O)[C@H]1CO.Nc1ncnc2c1nnn2C1CC1O. The van der Waals surface area contributed by atoms with Crippen molar-refractivity contribution in [1.82, 2.24) is 98.7 Å². The van der Waals surface area contributed by atoms with E-state index >= 15 is 0 Å². The predicted octanol–water partition coefficient (Wildman–Crippen LogP) is -3.69. The van der Waals surface area contributed by atoms with E-state index in [1.54, 1.807) is 62.5 Å². The molecule has 4 aliphatic rings. The summed E-state index contributed by atoms with van der Waals surface area (Å²) < 4.78 is 13.2. The van der Waals surface area contributed by atoms with Crippen LogP contribution in [-0.2, 0) is 4.74 Å². The molecule has 0 radical (unpaired) electrons. The van der Waals surface area contributed by atoms with Gasteiger partial charge in [0.1, 0.15) is 43.6 Å². The largest absolute Gasteiger partial charge is 0.396 e. The number of nitrogen functional groups attached to an aromatic ring is 4. The second-order valence-electron chi connectivity index (χ2n) is 18.1. The fourth-order valence-corrected chi connectivity index (χ4v) is 8.59. The quantitative estimate of drug-likeness (QED) is 0.0619.